The van der Waals surface area contributed by atoms with Gasteiger partial charge in [0.25, 0.3) is 5.56 Å². The highest BCUT2D eigenvalue weighted by Gasteiger charge is 2.22. The van der Waals surface area contributed by atoms with E-state index in [-0.39, 0.29) is 17.7 Å². The van der Waals surface area contributed by atoms with E-state index in [1.807, 2.05) is 31.3 Å². The molecule has 4 aromatic rings. The predicted molar refractivity (Wildman–Crippen MR) is 103 cm³/mol. The average Bonchev–Trinajstić information content (AvgIpc) is 3.07. The van der Waals surface area contributed by atoms with Gasteiger partial charge in [-0.1, -0.05) is 36.4 Å². The van der Waals surface area contributed by atoms with Crippen LogP contribution in [-0.2, 0) is 6.54 Å². The van der Waals surface area contributed by atoms with Crippen molar-refractivity contribution >= 4 is 16.7 Å². The summed E-state index contributed by atoms with van der Waals surface area (Å²) in [5.41, 5.74) is 1.83. The third-order valence-electron chi connectivity index (χ3n) is 4.49. The number of aromatic nitrogens is 3. The van der Waals surface area contributed by atoms with Crippen molar-refractivity contribution in [1.29, 1.82) is 0 Å². The number of hydrogen-bond acceptors (Lipinski definition) is 3. The zero-order valence-electron chi connectivity index (χ0n) is 14.7. The molecule has 2 heterocycles. The van der Waals surface area contributed by atoms with Crippen molar-refractivity contribution in [1.82, 2.24) is 14.3 Å². The van der Waals surface area contributed by atoms with Crippen LogP contribution < -0.4 is 5.56 Å². The molecular weight excluding hydrogens is 342 g/mol. The van der Waals surface area contributed by atoms with E-state index in [4.69, 9.17) is 0 Å². The number of fused-ring (bicyclic) bond motifs is 1. The summed E-state index contributed by atoms with van der Waals surface area (Å²) >= 11 is 0. The Labute approximate surface area is 154 Å². The standard InChI is InChI=1S/C21H17N3O3/c1-14-11-22-23(12-14)13-18-19(21(26)27)16-9-5-6-10-17(16)20(25)24(18)15-7-3-2-4-8-15/h2-12H,13H2,1H3,(H,26,27). The maximum atomic E-state index is 13.3. The van der Waals surface area contributed by atoms with Crippen molar-refractivity contribution in [2.45, 2.75) is 13.5 Å². The first-order chi connectivity index (χ1) is 13.1. The first-order valence-electron chi connectivity index (χ1n) is 8.50. The van der Waals surface area contributed by atoms with Crippen molar-refractivity contribution in [3.05, 3.63) is 94.2 Å². The number of rotatable bonds is 4. The quantitative estimate of drug-likeness (QED) is 0.607. The lowest BCUT2D eigenvalue weighted by Gasteiger charge is -2.18. The SMILES string of the molecule is Cc1cnn(Cc2c(C(=O)O)c3ccccc3c(=O)n2-c2ccccc2)c1. The van der Waals surface area contributed by atoms with Crippen molar-refractivity contribution < 1.29 is 9.90 Å². The van der Waals surface area contributed by atoms with Gasteiger partial charge in [0.2, 0.25) is 0 Å². The fraction of sp³-hybridized carbons (Fsp3) is 0.0952. The number of nitrogens with zero attached hydrogens (tertiary/aromatic N) is 3. The molecular formula is C21H17N3O3. The van der Waals surface area contributed by atoms with E-state index in [9.17, 15) is 14.7 Å². The second-order valence-corrected chi connectivity index (χ2v) is 6.36. The molecule has 134 valence electrons. The van der Waals surface area contributed by atoms with Crippen molar-refractivity contribution in [3.63, 3.8) is 0 Å². The maximum Gasteiger partial charge on any atom is 0.338 e. The molecule has 0 atom stereocenters. The highest BCUT2D eigenvalue weighted by atomic mass is 16.4. The molecule has 0 saturated carbocycles. The van der Waals surface area contributed by atoms with Gasteiger partial charge in [-0.25, -0.2) is 4.79 Å². The molecule has 0 saturated heterocycles. The largest absolute Gasteiger partial charge is 0.478 e. The van der Waals surface area contributed by atoms with Crippen LogP contribution in [0.3, 0.4) is 0 Å². The summed E-state index contributed by atoms with van der Waals surface area (Å²) in [5, 5.41) is 15.0. The second kappa shape index (κ2) is 6.57. The van der Waals surface area contributed by atoms with Gasteiger partial charge >= 0.3 is 5.97 Å². The minimum Gasteiger partial charge on any atom is -0.478 e. The molecule has 6 nitrogen and oxygen atoms in total. The van der Waals surface area contributed by atoms with Gasteiger partial charge in [0.1, 0.15) is 0 Å². The number of aromatic carboxylic acids is 1. The molecule has 0 aliphatic carbocycles. The number of carbonyl (C=O) groups is 1. The number of benzene rings is 2. The summed E-state index contributed by atoms with van der Waals surface area (Å²) in [4.78, 5) is 25.4. The number of aryl methyl sites for hydroxylation is 1. The number of pyridine rings is 1. The van der Waals surface area contributed by atoms with Crippen LogP contribution in [0.4, 0.5) is 0 Å². The van der Waals surface area contributed by atoms with Crippen LogP contribution in [0, 0.1) is 6.92 Å². The van der Waals surface area contributed by atoms with E-state index >= 15 is 0 Å². The molecule has 2 aromatic carbocycles. The molecule has 0 aliphatic heterocycles. The minimum atomic E-state index is -1.07. The zero-order valence-corrected chi connectivity index (χ0v) is 14.7. The van der Waals surface area contributed by atoms with E-state index < -0.39 is 5.97 Å². The van der Waals surface area contributed by atoms with Gasteiger partial charge in [-0.15, -0.1) is 0 Å². The molecule has 0 aliphatic rings. The summed E-state index contributed by atoms with van der Waals surface area (Å²) in [6, 6.07) is 15.9. The third-order valence-corrected chi connectivity index (χ3v) is 4.49. The Hall–Kier alpha value is -3.67. The Balaban J connectivity index is 2.12. The molecule has 0 unspecified atom stereocenters. The van der Waals surface area contributed by atoms with Gasteiger partial charge in [0, 0.05) is 22.7 Å². The topological polar surface area (TPSA) is 77.1 Å². The van der Waals surface area contributed by atoms with Gasteiger partial charge in [-0.2, -0.15) is 5.10 Å². The molecule has 6 heteroatoms. The average molecular weight is 359 g/mol. The lowest BCUT2D eigenvalue weighted by Crippen LogP contribution is -2.27. The van der Waals surface area contributed by atoms with Gasteiger partial charge < -0.3 is 5.11 Å². The monoisotopic (exact) mass is 359 g/mol. The van der Waals surface area contributed by atoms with Crippen LogP contribution in [0.25, 0.3) is 16.5 Å². The highest BCUT2D eigenvalue weighted by Crippen LogP contribution is 2.23. The Morgan fingerprint density at radius 3 is 2.33 bits per heavy atom. The summed E-state index contributed by atoms with van der Waals surface area (Å²) in [5.74, 6) is -1.07. The van der Waals surface area contributed by atoms with Crippen LogP contribution in [-0.4, -0.2) is 25.4 Å². The smallest absolute Gasteiger partial charge is 0.338 e. The van der Waals surface area contributed by atoms with E-state index in [0.717, 1.165) is 5.56 Å². The van der Waals surface area contributed by atoms with Crippen LogP contribution in [0.15, 0.2) is 71.8 Å². The molecule has 0 fully saturated rings. The van der Waals surface area contributed by atoms with Crippen LogP contribution in [0.2, 0.25) is 0 Å². The van der Waals surface area contributed by atoms with E-state index in [0.29, 0.717) is 22.2 Å². The van der Waals surface area contributed by atoms with Crippen LogP contribution in [0.1, 0.15) is 21.6 Å². The minimum absolute atomic E-state index is 0.113. The Morgan fingerprint density at radius 1 is 1.04 bits per heavy atom. The van der Waals surface area contributed by atoms with E-state index in [1.165, 1.54) is 4.57 Å². The molecule has 2 aromatic heterocycles. The molecule has 27 heavy (non-hydrogen) atoms. The summed E-state index contributed by atoms with van der Waals surface area (Å²) < 4.78 is 3.12. The van der Waals surface area contributed by atoms with E-state index in [2.05, 4.69) is 5.10 Å². The molecule has 0 spiro atoms. The van der Waals surface area contributed by atoms with Crippen molar-refractivity contribution in [2.24, 2.45) is 0 Å². The van der Waals surface area contributed by atoms with Gasteiger partial charge in [-0.05, 0) is 30.7 Å². The first kappa shape index (κ1) is 16.8. The molecule has 0 radical (unpaired) electrons. The molecule has 0 bridgehead atoms. The second-order valence-electron chi connectivity index (χ2n) is 6.36. The fourth-order valence-electron chi connectivity index (χ4n) is 3.34. The van der Waals surface area contributed by atoms with Crippen molar-refractivity contribution in [2.75, 3.05) is 0 Å². The summed E-state index contributed by atoms with van der Waals surface area (Å²) in [6.07, 6.45) is 3.52. The Morgan fingerprint density at radius 2 is 1.70 bits per heavy atom. The van der Waals surface area contributed by atoms with Crippen molar-refractivity contribution in [3.8, 4) is 5.69 Å². The third kappa shape index (κ3) is 2.91. The van der Waals surface area contributed by atoms with Crippen LogP contribution >= 0.6 is 0 Å². The summed E-state index contributed by atoms with van der Waals surface area (Å²) in [7, 11) is 0. The number of carboxylic acid groups (broad SMARTS) is 1. The normalized spacial score (nSPS) is 11.0. The molecule has 4 rings (SSSR count). The van der Waals surface area contributed by atoms with E-state index in [1.54, 1.807) is 47.3 Å². The van der Waals surface area contributed by atoms with Gasteiger partial charge in [-0.3, -0.25) is 14.0 Å². The van der Waals surface area contributed by atoms with Gasteiger partial charge in [0.05, 0.1) is 24.0 Å². The number of carboxylic acids is 1. The lowest BCUT2D eigenvalue weighted by molar-refractivity contribution is 0.0697. The summed E-state index contributed by atoms with van der Waals surface area (Å²) in [6.45, 7) is 2.08. The molecule has 0 amide bonds. The molecule has 1 N–H and O–H groups in total. The predicted octanol–water partition coefficient (Wildman–Crippen LogP) is 3.24. The number of para-hydroxylation sites is 1. The van der Waals surface area contributed by atoms with Gasteiger partial charge in [0.15, 0.2) is 0 Å². The zero-order chi connectivity index (χ0) is 19.0. The lowest BCUT2D eigenvalue weighted by atomic mass is 10.0. The van der Waals surface area contributed by atoms with Crippen LogP contribution in [0.5, 0.6) is 0 Å². The Bertz CT molecular complexity index is 1210. The maximum absolute atomic E-state index is 13.3. The first-order valence-corrected chi connectivity index (χ1v) is 8.50. The Kier molecular flexibility index (Phi) is 4.08. The highest BCUT2D eigenvalue weighted by molar-refractivity contribution is 6.04. The number of hydrogen-bond donors (Lipinski definition) is 1. The fourth-order valence-corrected chi connectivity index (χ4v) is 3.34.